The monoisotopic (exact) mass is 354 g/mol. The number of benzene rings is 1. The molecular formula is C18H27BrO2. The summed E-state index contributed by atoms with van der Waals surface area (Å²) < 4.78 is 6.62. The van der Waals surface area contributed by atoms with Gasteiger partial charge in [0.25, 0.3) is 0 Å². The van der Waals surface area contributed by atoms with Gasteiger partial charge >= 0.3 is 0 Å². The van der Waals surface area contributed by atoms with Crippen molar-refractivity contribution in [3.05, 3.63) is 33.8 Å². The van der Waals surface area contributed by atoms with Crippen molar-refractivity contribution >= 4 is 15.9 Å². The highest BCUT2D eigenvalue weighted by Crippen LogP contribution is 2.36. The Bertz CT molecular complexity index is 441. The second-order valence-corrected chi connectivity index (χ2v) is 7.15. The summed E-state index contributed by atoms with van der Waals surface area (Å²) in [4.78, 5) is 0. The lowest BCUT2D eigenvalue weighted by Crippen LogP contribution is -2.17. The predicted molar refractivity (Wildman–Crippen MR) is 90.9 cm³/mol. The number of aliphatic hydroxyl groups excluding tert-OH is 1. The van der Waals surface area contributed by atoms with E-state index in [4.69, 9.17) is 4.74 Å². The molecular weight excluding hydrogens is 328 g/mol. The Labute approximate surface area is 137 Å². The van der Waals surface area contributed by atoms with Gasteiger partial charge in [-0.2, -0.15) is 0 Å². The molecule has 0 aliphatic carbocycles. The van der Waals surface area contributed by atoms with Crippen LogP contribution in [-0.4, -0.2) is 24.4 Å². The number of ether oxygens (including phenoxy) is 1. The Hall–Kier alpha value is -0.380. The van der Waals surface area contributed by atoms with Gasteiger partial charge in [-0.05, 0) is 60.8 Å². The van der Waals surface area contributed by atoms with Crippen LogP contribution >= 0.6 is 15.9 Å². The van der Waals surface area contributed by atoms with Crippen molar-refractivity contribution in [2.45, 2.75) is 63.9 Å². The molecule has 1 saturated heterocycles. The van der Waals surface area contributed by atoms with E-state index in [0.717, 1.165) is 49.8 Å². The van der Waals surface area contributed by atoms with Gasteiger partial charge in [0, 0.05) is 17.7 Å². The summed E-state index contributed by atoms with van der Waals surface area (Å²) in [6.07, 6.45) is 4.81. The normalized spacial score (nSPS) is 19.4. The maximum absolute atomic E-state index is 10.1. The van der Waals surface area contributed by atoms with E-state index >= 15 is 0 Å². The molecule has 2 rings (SSSR count). The first-order valence-electron chi connectivity index (χ1n) is 8.17. The van der Waals surface area contributed by atoms with Crippen molar-refractivity contribution in [1.82, 2.24) is 0 Å². The molecule has 0 saturated carbocycles. The molecule has 0 spiro atoms. The molecule has 0 amide bonds. The SMILES string of the molecule is CCCC(O)CC(C)c1cc(Br)ccc1C1CCOCC1. The molecule has 1 heterocycles. The molecule has 1 aromatic carbocycles. The first kappa shape index (κ1) is 17.0. The first-order valence-corrected chi connectivity index (χ1v) is 8.96. The zero-order valence-electron chi connectivity index (χ0n) is 13.1. The molecule has 2 nitrogen and oxygen atoms in total. The molecule has 1 aliphatic rings. The fraction of sp³-hybridized carbons (Fsp3) is 0.667. The number of hydrogen-bond acceptors (Lipinski definition) is 2. The van der Waals surface area contributed by atoms with E-state index in [-0.39, 0.29) is 6.10 Å². The molecule has 2 unspecified atom stereocenters. The lowest BCUT2D eigenvalue weighted by atomic mass is 9.82. The van der Waals surface area contributed by atoms with Crippen LogP contribution in [0.5, 0.6) is 0 Å². The molecule has 0 radical (unpaired) electrons. The van der Waals surface area contributed by atoms with Gasteiger partial charge in [0.15, 0.2) is 0 Å². The minimum Gasteiger partial charge on any atom is -0.393 e. The van der Waals surface area contributed by atoms with Crippen LogP contribution in [0.1, 0.15) is 68.9 Å². The average molecular weight is 355 g/mol. The summed E-state index contributed by atoms with van der Waals surface area (Å²) in [5, 5.41) is 10.1. The Kier molecular flexibility index (Phi) is 6.72. The summed E-state index contributed by atoms with van der Waals surface area (Å²) in [6.45, 7) is 6.10. The molecule has 0 bridgehead atoms. The van der Waals surface area contributed by atoms with E-state index in [1.165, 1.54) is 11.1 Å². The lowest BCUT2D eigenvalue weighted by Gasteiger charge is -2.27. The Morgan fingerprint density at radius 1 is 1.33 bits per heavy atom. The Balaban J connectivity index is 2.17. The second-order valence-electron chi connectivity index (χ2n) is 6.24. The molecule has 1 fully saturated rings. The van der Waals surface area contributed by atoms with Gasteiger partial charge in [0.1, 0.15) is 0 Å². The highest BCUT2D eigenvalue weighted by Gasteiger charge is 2.22. The minimum absolute atomic E-state index is 0.188. The summed E-state index contributed by atoms with van der Waals surface area (Å²) in [5.74, 6) is 0.995. The fourth-order valence-electron chi connectivity index (χ4n) is 3.34. The molecule has 1 aliphatic heterocycles. The van der Waals surface area contributed by atoms with Crippen LogP contribution in [-0.2, 0) is 4.74 Å². The molecule has 2 atom stereocenters. The smallest absolute Gasteiger partial charge is 0.0545 e. The number of rotatable bonds is 6. The zero-order valence-corrected chi connectivity index (χ0v) is 14.7. The second kappa shape index (κ2) is 8.30. The maximum atomic E-state index is 10.1. The predicted octanol–water partition coefficient (Wildman–Crippen LogP) is 5.00. The maximum Gasteiger partial charge on any atom is 0.0545 e. The Morgan fingerprint density at radius 2 is 2.05 bits per heavy atom. The topological polar surface area (TPSA) is 29.5 Å². The van der Waals surface area contributed by atoms with Gasteiger partial charge in [-0.3, -0.25) is 0 Å². The van der Waals surface area contributed by atoms with E-state index < -0.39 is 0 Å². The molecule has 118 valence electrons. The molecule has 0 aromatic heterocycles. The summed E-state index contributed by atoms with van der Waals surface area (Å²) >= 11 is 3.60. The van der Waals surface area contributed by atoms with Crippen LogP contribution in [0.4, 0.5) is 0 Å². The van der Waals surface area contributed by atoms with Crippen LogP contribution in [0.2, 0.25) is 0 Å². The van der Waals surface area contributed by atoms with Crippen LogP contribution in [0.25, 0.3) is 0 Å². The van der Waals surface area contributed by atoms with Crippen molar-refractivity contribution in [2.24, 2.45) is 0 Å². The van der Waals surface area contributed by atoms with Crippen LogP contribution in [0, 0.1) is 0 Å². The molecule has 21 heavy (non-hydrogen) atoms. The third-order valence-corrected chi connectivity index (χ3v) is 4.98. The fourth-order valence-corrected chi connectivity index (χ4v) is 3.72. The van der Waals surface area contributed by atoms with Gasteiger partial charge < -0.3 is 9.84 Å². The van der Waals surface area contributed by atoms with Crippen molar-refractivity contribution in [3.8, 4) is 0 Å². The van der Waals surface area contributed by atoms with Gasteiger partial charge in [0.2, 0.25) is 0 Å². The van der Waals surface area contributed by atoms with Crippen LogP contribution < -0.4 is 0 Å². The van der Waals surface area contributed by atoms with Crippen molar-refractivity contribution in [1.29, 1.82) is 0 Å². The van der Waals surface area contributed by atoms with Crippen molar-refractivity contribution < 1.29 is 9.84 Å². The third-order valence-electron chi connectivity index (χ3n) is 4.49. The van der Waals surface area contributed by atoms with E-state index in [2.05, 4.69) is 48.0 Å². The van der Waals surface area contributed by atoms with Crippen molar-refractivity contribution in [3.63, 3.8) is 0 Å². The Morgan fingerprint density at radius 3 is 2.71 bits per heavy atom. The van der Waals surface area contributed by atoms with Crippen LogP contribution in [0.15, 0.2) is 22.7 Å². The number of aliphatic hydroxyl groups is 1. The summed E-state index contributed by atoms with van der Waals surface area (Å²) in [6, 6.07) is 6.65. The quantitative estimate of drug-likeness (QED) is 0.778. The van der Waals surface area contributed by atoms with Gasteiger partial charge in [-0.25, -0.2) is 0 Å². The average Bonchev–Trinajstić information content (AvgIpc) is 2.48. The summed E-state index contributed by atoms with van der Waals surface area (Å²) in [7, 11) is 0. The first-order chi connectivity index (χ1) is 10.1. The van der Waals surface area contributed by atoms with E-state index in [9.17, 15) is 5.11 Å². The third kappa shape index (κ3) is 4.80. The van der Waals surface area contributed by atoms with Crippen molar-refractivity contribution in [2.75, 3.05) is 13.2 Å². The van der Waals surface area contributed by atoms with Gasteiger partial charge in [0.05, 0.1) is 6.10 Å². The number of hydrogen-bond donors (Lipinski definition) is 1. The molecule has 1 aromatic rings. The highest BCUT2D eigenvalue weighted by atomic mass is 79.9. The van der Waals surface area contributed by atoms with E-state index in [1.54, 1.807) is 0 Å². The molecule has 1 N–H and O–H groups in total. The lowest BCUT2D eigenvalue weighted by molar-refractivity contribution is 0.0849. The van der Waals surface area contributed by atoms with Crippen LogP contribution in [0.3, 0.4) is 0 Å². The van der Waals surface area contributed by atoms with Gasteiger partial charge in [-0.15, -0.1) is 0 Å². The van der Waals surface area contributed by atoms with Gasteiger partial charge in [-0.1, -0.05) is 42.3 Å². The largest absolute Gasteiger partial charge is 0.393 e. The highest BCUT2D eigenvalue weighted by molar-refractivity contribution is 9.10. The summed E-state index contributed by atoms with van der Waals surface area (Å²) in [5.41, 5.74) is 2.85. The minimum atomic E-state index is -0.188. The molecule has 3 heteroatoms. The number of halogens is 1. The standard InChI is InChI=1S/C18H27BrO2/c1-3-4-16(20)11-13(2)18-12-15(19)5-6-17(18)14-7-9-21-10-8-14/h5-6,12-14,16,20H,3-4,7-11H2,1-2H3. The zero-order chi connectivity index (χ0) is 15.2. The van der Waals surface area contributed by atoms with E-state index in [0.29, 0.717) is 11.8 Å². The van der Waals surface area contributed by atoms with E-state index in [1.807, 2.05) is 0 Å².